The van der Waals surface area contributed by atoms with E-state index in [1.165, 1.54) is 18.2 Å². The lowest BCUT2D eigenvalue weighted by atomic mass is 10.1. The molecule has 0 saturated heterocycles. The maximum Gasteiger partial charge on any atom is 0.423 e. The fraction of sp³-hybridized carbons (Fsp3) is 0.111. The van der Waals surface area contributed by atoms with Gasteiger partial charge in [-0.1, -0.05) is 46.9 Å². The second-order valence-corrected chi connectivity index (χ2v) is 6.84. The highest BCUT2D eigenvalue weighted by molar-refractivity contribution is 6.40. The van der Waals surface area contributed by atoms with Crippen LogP contribution in [-0.2, 0) is 12.8 Å². The van der Waals surface area contributed by atoms with Gasteiger partial charge in [0.25, 0.3) is 0 Å². The molecule has 0 fully saturated rings. The van der Waals surface area contributed by atoms with Crippen LogP contribution in [0.3, 0.4) is 0 Å². The van der Waals surface area contributed by atoms with Gasteiger partial charge in [-0.25, -0.2) is 0 Å². The summed E-state index contributed by atoms with van der Waals surface area (Å²) in [4.78, 5) is 0. The SMILES string of the molecule is N#Cc1cccc(COc2c(C(F)(F)F)cnn2-c2c(Cl)cc(Cl)cc2Cl)c1. The van der Waals surface area contributed by atoms with E-state index in [4.69, 9.17) is 44.8 Å². The average Bonchev–Trinajstić information content (AvgIpc) is 3.03. The molecular weight excluding hydrogens is 438 g/mol. The maximum absolute atomic E-state index is 13.4. The van der Waals surface area contributed by atoms with E-state index in [0.29, 0.717) is 17.3 Å². The van der Waals surface area contributed by atoms with Crippen LogP contribution in [0.25, 0.3) is 5.69 Å². The number of benzene rings is 2. The van der Waals surface area contributed by atoms with Crippen molar-refractivity contribution < 1.29 is 17.9 Å². The average molecular weight is 447 g/mol. The minimum absolute atomic E-state index is 0.00371. The first-order valence-corrected chi connectivity index (χ1v) is 8.76. The van der Waals surface area contributed by atoms with Gasteiger partial charge in [-0.2, -0.15) is 28.2 Å². The van der Waals surface area contributed by atoms with Gasteiger partial charge >= 0.3 is 6.18 Å². The predicted octanol–water partition coefficient (Wildman–Crippen LogP) is 6.30. The zero-order chi connectivity index (χ0) is 20.5. The first-order chi connectivity index (χ1) is 13.2. The van der Waals surface area contributed by atoms with E-state index >= 15 is 0 Å². The molecule has 3 rings (SSSR count). The number of hydrogen-bond donors (Lipinski definition) is 0. The maximum atomic E-state index is 13.4. The molecule has 0 atom stereocenters. The van der Waals surface area contributed by atoms with Crippen molar-refractivity contribution in [3.63, 3.8) is 0 Å². The van der Waals surface area contributed by atoms with Gasteiger partial charge in [0.05, 0.1) is 27.9 Å². The second-order valence-electron chi connectivity index (χ2n) is 5.59. The topological polar surface area (TPSA) is 50.8 Å². The van der Waals surface area contributed by atoms with E-state index in [0.717, 1.165) is 4.68 Å². The number of nitriles is 1. The summed E-state index contributed by atoms with van der Waals surface area (Å²) < 4.78 is 46.6. The Bertz CT molecular complexity index is 1050. The van der Waals surface area contributed by atoms with E-state index in [1.54, 1.807) is 18.2 Å². The van der Waals surface area contributed by atoms with Crippen molar-refractivity contribution in [1.29, 1.82) is 5.26 Å². The van der Waals surface area contributed by atoms with Crippen LogP contribution in [-0.4, -0.2) is 9.78 Å². The molecule has 2 aromatic carbocycles. The molecule has 0 N–H and O–H groups in total. The summed E-state index contributed by atoms with van der Waals surface area (Å²) in [5.74, 6) is -0.582. The lowest BCUT2D eigenvalue weighted by Crippen LogP contribution is -2.10. The van der Waals surface area contributed by atoms with Crippen LogP contribution in [0.1, 0.15) is 16.7 Å². The van der Waals surface area contributed by atoms with E-state index < -0.39 is 17.6 Å². The lowest BCUT2D eigenvalue weighted by molar-refractivity contribution is -0.139. The quantitative estimate of drug-likeness (QED) is 0.472. The fourth-order valence-electron chi connectivity index (χ4n) is 2.45. The number of halogens is 6. The Kier molecular flexibility index (Phi) is 5.75. The molecule has 4 nitrogen and oxygen atoms in total. The van der Waals surface area contributed by atoms with Crippen LogP contribution in [0.5, 0.6) is 5.88 Å². The standard InChI is InChI=1S/C18H9Cl3F3N3O/c19-12-5-14(20)16(15(21)6-12)27-17(13(8-26-27)18(22,23)24)28-9-11-3-1-2-10(4-11)7-25/h1-6,8H,9H2. The molecule has 0 spiro atoms. The Morgan fingerprint density at radius 2 is 1.79 bits per heavy atom. The lowest BCUT2D eigenvalue weighted by Gasteiger charge is -2.15. The van der Waals surface area contributed by atoms with Crippen LogP contribution < -0.4 is 4.74 Å². The van der Waals surface area contributed by atoms with Crippen molar-refractivity contribution >= 4 is 34.8 Å². The first-order valence-electron chi connectivity index (χ1n) is 7.62. The summed E-state index contributed by atoms with van der Waals surface area (Å²) in [5, 5.41) is 12.9. The summed E-state index contributed by atoms with van der Waals surface area (Å²) in [6.07, 6.45) is -4.09. The number of aromatic nitrogens is 2. The normalized spacial score (nSPS) is 11.3. The summed E-state index contributed by atoms with van der Waals surface area (Å²) >= 11 is 18.1. The van der Waals surface area contributed by atoms with Crippen molar-refractivity contribution in [1.82, 2.24) is 9.78 Å². The molecule has 1 heterocycles. The molecule has 0 amide bonds. The molecule has 28 heavy (non-hydrogen) atoms. The first kappa shape index (κ1) is 20.3. The Labute approximate surface area is 172 Å². The number of hydrogen-bond acceptors (Lipinski definition) is 3. The third-order valence-corrected chi connectivity index (χ3v) is 4.45. The third kappa shape index (κ3) is 4.20. The van der Waals surface area contributed by atoms with Crippen molar-refractivity contribution in [3.05, 3.63) is 74.4 Å². The molecule has 1 aromatic heterocycles. The van der Waals surface area contributed by atoms with Gasteiger partial charge in [-0.15, -0.1) is 0 Å². The molecule has 0 aliphatic carbocycles. The molecule has 0 bridgehead atoms. The van der Waals surface area contributed by atoms with Gasteiger partial charge in [0.1, 0.15) is 17.9 Å². The Morgan fingerprint density at radius 1 is 1.11 bits per heavy atom. The fourth-order valence-corrected chi connectivity index (χ4v) is 3.43. The van der Waals surface area contributed by atoms with Crippen molar-refractivity contribution in [2.24, 2.45) is 0 Å². The Balaban J connectivity index is 2.06. The van der Waals surface area contributed by atoms with Gasteiger partial charge < -0.3 is 4.74 Å². The highest BCUT2D eigenvalue weighted by Gasteiger charge is 2.38. The number of alkyl halides is 3. The van der Waals surface area contributed by atoms with Crippen molar-refractivity contribution in [2.45, 2.75) is 12.8 Å². The summed E-state index contributed by atoms with van der Waals surface area (Å²) in [5.41, 5.74) is -0.224. The number of ether oxygens (including phenoxy) is 1. The Hall–Kier alpha value is -2.40. The summed E-state index contributed by atoms with van der Waals surface area (Å²) in [6, 6.07) is 10.9. The molecule has 0 radical (unpaired) electrons. The van der Waals surface area contributed by atoms with Crippen LogP contribution >= 0.6 is 34.8 Å². The van der Waals surface area contributed by atoms with Crippen LogP contribution in [0.4, 0.5) is 13.2 Å². The molecular formula is C18H9Cl3F3N3O. The van der Waals surface area contributed by atoms with Gasteiger partial charge in [0, 0.05) is 5.02 Å². The Morgan fingerprint density at radius 3 is 2.39 bits per heavy atom. The smallest absolute Gasteiger partial charge is 0.423 e. The van der Waals surface area contributed by atoms with Gasteiger partial charge in [-0.05, 0) is 29.8 Å². The summed E-state index contributed by atoms with van der Waals surface area (Å²) in [6.45, 7) is -0.229. The van der Waals surface area contributed by atoms with Crippen molar-refractivity contribution in [2.75, 3.05) is 0 Å². The highest BCUT2D eigenvalue weighted by atomic mass is 35.5. The molecule has 10 heteroatoms. The van der Waals surface area contributed by atoms with Crippen LogP contribution in [0, 0.1) is 11.3 Å². The van der Waals surface area contributed by atoms with Crippen LogP contribution in [0.15, 0.2) is 42.6 Å². The summed E-state index contributed by atoms with van der Waals surface area (Å²) in [7, 11) is 0. The third-order valence-electron chi connectivity index (χ3n) is 3.66. The van der Waals surface area contributed by atoms with Crippen LogP contribution in [0.2, 0.25) is 15.1 Å². The van der Waals surface area contributed by atoms with E-state index in [9.17, 15) is 13.2 Å². The van der Waals surface area contributed by atoms with E-state index in [2.05, 4.69) is 5.10 Å². The molecule has 3 aromatic rings. The zero-order valence-corrected chi connectivity index (χ0v) is 16.0. The van der Waals surface area contributed by atoms with Gasteiger partial charge in [0.2, 0.25) is 5.88 Å². The minimum atomic E-state index is -4.71. The number of rotatable bonds is 4. The largest absolute Gasteiger partial charge is 0.472 e. The molecule has 0 unspecified atom stereocenters. The molecule has 144 valence electrons. The minimum Gasteiger partial charge on any atom is -0.472 e. The highest BCUT2D eigenvalue weighted by Crippen LogP contribution is 2.41. The molecule has 0 saturated carbocycles. The number of nitrogens with zero attached hydrogens (tertiary/aromatic N) is 3. The zero-order valence-electron chi connectivity index (χ0n) is 13.8. The predicted molar refractivity (Wildman–Crippen MR) is 99.1 cm³/mol. The van der Waals surface area contributed by atoms with Crippen molar-refractivity contribution in [3.8, 4) is 17.6 Å². The monoisotopic (exact) mass is 445 g/mol. The van der Waals surface area contributed by atoms with Gasteiger partial charge in [-0.3, -0.25) is 0 Å². The van der Waals surface area contributed by atoms with E-state index in [-0.39, 0.29) is 27.4 Å². The van der Waals surface area contributed by atoms with E-state index in [1.807, 2.05) is 6.07 Å². The second kappa shape index (κ2) is 7.92. The molecule has 0 aliphatic rings. The van der Waals surface area contributed by atoms with Gasteiger partial charge in [0.15, 0.2) is 0 Å². The molecule has 0 aliphatic heterocycles.